The van der Waals surface area contributed by atoms with Crippen LogP contribution in [0, 0.1) is 0 Å². The minimum absolute atomic E-state index is 0.0358. The molecule has 0 aliphatic carbocycles. The molecular weight excluding hydrogens is 272 g/mol. The van der Waals surface area contributed by atoms with Crippen LogP contribution >= 0.6 is 15.9 Å². The summed E-state index contributed by atoms with van der Waals surface area (Å²) in [5.74, 6) is -0.0358. The Morgan fingerprint density at radius 3 is 2.88 bits per heavy atom. The molecule has 1 aromatic rings. The Labute approximate surface area is 102 Å². The maximum atomic E-state index is 11.7. The number of nitrogens with one attached hydrogen (secondary N) is 1. The number of hydrogen-bond donors (Lipinski definition) is 2. The van der Waals surface area contributed by atoms with E-state index in [9.17, 15) is 9.90 Å². The molecule has 2 rings (SSSR count). The molecule has 1 heterocycles. The number of aliphatic hydroxyl groups excluding tert-OH is 1. The maximum Gasteiger partial charge on any atom is 0.229 e. The monoisotopic (exact) mass is 284 g/mol. The SMILES string of the molecule is CNc1cc(Br)ccc1N1CC(O)CC1=O. The zero-order valence-corrected chi connectivity index (χ0v) is 10.5. The zero-order valence-electron chi connectivity index (χ0n) is 8.90. The Bertz CT molecular complexity index is 422. The summed E-state index contributed by atoms with van der Waals surface area (Å²) >= 11 is 3.38. The van der Waals surface area contributed by atoms with Gasteiger partial charge in [0.2, 0.25) is 5.91 Å². The van der Waals surface area contributed by atoms with Crippen LogP contribution in [0.15, 0.2) is 22.7 Å². The van der Waals surface area contributed by atoms with Crippen LogP contribution in [-0.4, -0.2) is 30.7 Å². The molecule has 1 aliphatic heterocycles. The Morgan fingerprint density at radius 1 is 1.56 bits per heavy atom. The predicted molar refractivity (Wildman–Crippen MR) is 66.7 cm³/mol. The molecule has 5 heteroatoms. The molecule has 1 amide bonds. The summed E-state index contributed by atoms with van der Waals surface area (Å²) in [6.07, 6.45) is -0.347. The first-order chi connectivity index (χ1) is 7.61. The summed E-state index contributed by atoms with van der Waals surface area (Å²) in [6.45, 7) is 0.370. The van der Waals surface area contributed by atoms with Gasteiger partial charge in [-0.1, -0.05) is 15.9 Å². The molecule has 1 aromatic carbocycles. The molecule has 0 saturated carbocycles. The first kappa shape index (κ1) is 11.4. The molecule has 1 fully saturated rings. The lowest BCUT2D eigenvalue weighted by Crippen LogP contribution is -2.26. The fourth-order valence-electron chi connectivity index (χ4n) is 1.87. The van der Waals surface area contributed by atoms with E-state index in [1.165, 1.54) is 0 Å². The van der Waals surface area contributed by atoms with E-state index in [0.29, 0.717) is 6.54 Å². The summed E-state index contributed by atoms with van der Waals surface area (Å²) in [6, 6.07) is 5.66. The Kier molecular flexibility index (Phi) is 3.16. The molecule has 1 saturated heterocycles. The molecule has 4 nitrogen and oxygen atoms in total. The van der Waals surface area contributed by atoms with Crippen LogP contribution in [0.25, 0.3) is 0 Å². The fourth-order valence-corrected chi connectivity index (χ4v) is 2.23. The van der Waals surface area contributed by atoms with Crippen molar-refractivity contribution in [3.05, 3.63) is 22.7 Å². The molecule has 0 aromatic heterocycles. The molecule has 0 spiro atoms. The topological polar surface area (TPSA) is 52.6 Å². The van der Waals surface area contributed by atoms with Crippen molar-refractivity contribution < 1.29 is 9.90 Å². The first-order valence-electron chi connectivity index (χ1n) is 5.07. The summed E-state index contributed by atoms with van der Waals surface area (Å²) in [5.41, 5.74) is 1.68. The van der Waals surface area contributed by atoms with Gasteiger partial charge >= 0.3 is 0 Å². The van der Waals surface area contributed by atoms with Crippen molar-refractivity contribution in [2.45, 2.75) is 12.5 Å². The van der Waals surface area contributed by atoms with Crippen molar-refractivity contribution in [2.75, 3.05) is 23.8 Å². The number of hydrogen-bond acceptors (Lipinski definition) is 3. The lowest BCUT2D eigenvalue weighted by Gasteiger charge is -2.19. The zero-order chi connectivity index (χ0) is 11.7. The van der Waals surface area contributed by atoms with Gasteiger partial charge in [-0.3, -0.25) is 4.79 Å². The number of anilines is 2. The molecule has 1 aliphatic rings. The number of amides is 1. The molecule has 0 bridgehead atoms. The predicted octanol–water partition coefficient (Wildman–Crippen LogP) is 1.59. The van der Waals surface area contributed by atoms with Gasteiger partial charge in [-0.25, -0.2) is 0 Å². The average molecular weight is 285 g/mol. The highest BCUT2D eigenvalue weighted by molar-refractivity contribution is 9.10. The Morgan fingerprint density at radius 2 is 2.31 bits per heavy atom. The van der Waals surface area contributed by atoms with E-state index in [2.05, 4.69) is 21.2 Å². The van der Waals surface area contributed by atoms with E-state index < -0.39 is 6.10 Å². The third-order valence-corrected chi connectivity index (χ3v) is 3.12. The van der Waals surface area contributed by atoms with Crippen molar-refractivity contribution >= 4 is 33.2 Å². The van der Waals surface area contributed by atoms with E-state index in [0.717, 1.165) is 15.8 Å². The molecule has 86 valence electrons. The Balaban J connectivity index is 2.36. The van der Waals surface area contributed by atoms with Crippen molar-refractivity contribution in [3.8, 4) is 0 Å². The summed E-state index contributed by atoms with van der Waals surface area (Å²) in [7, 11) is 1.81. The van der Waals surface area contributed by atoms with Gasteiger partial charge in [0.15, 0.2) is 0 Å². The van der Waals surface area contributed by atoms with Crippen LogP contribution in [0.2, 0.25) is 0 Å². The smallest absolute Gasteiger partial charge is 0.229 e. The van der Waals surface area contributed by atoms with E-state index in [1.54, 1.807) is 4.90 Å². The minimum atomic E-state index is -0.555. The first-order valence-corrected chi connectivity index (χ1v) is 5.87. The van der Waals surface area contributed by atoms with Crippen LogP contribution < -0.4 is 10.2 Å². The molecule has 0 radical (unpaired) electrons. The Hall–Kier alpha value is -1.07. The molecule has 1 unspecified atom stereocenters. The van der Waals surface area contributed by atoms with Gasteiger partial charge in [-0.2, -0.15) is 0 Å². The number of benzene rings is 1. The van der Waals surface area contributed by atoms with E-state index in [4.69, 9.17) is 0 Å². The van der Waals surface area contributed by atoms with Crippen molar-refractivity contribution in [1.82, 2.24) is 0 Å². The number of rotatable bonds is 2. The molecule has 16 heavy (non-hydrogen) atoms. The van der Waals surface area contributed by atoms with Gasteiger partial charge in [-0.05, 0) is 18.2 Å². The normalized spacial score (nSPS) is 20.3. The van der Waals surface area contributed by atoms with Gasteiger partial charge in [0, 0.05) is 11.5 Å². The molecular formula is C11H13BrN2O2. The average Bonchev–Trinajstić information content (AvgIpc) is 2.57. The fraction of sp³-hybridized carbons (Fsp3) is 0.364. The van der Waals surface area contributed by atoms with Gasteiger partial charge in [0.05, 0.1) is 30.4 Å². The molecule has 2 N–H and O–H groups in total. The second-order valence-corrected chi connectivity index (χ2v) is 4.69. The third kappa shape index (κ3) is 2.05. The third-order valence-electron chi connectivity index (χ3n) is 2.62. The number of halogens is 1. The quantitative estimate of drug-likeness (QED) is 0.867. The van der Waals surface area contributed by atoms with Crippen LogP contribution in [0.4, 0.5) is 11.4 Å². The van der Waals surface area contributed by atoms with E-state index in [-0.39, 0.29) is 12.3 Å². The minimum Gasteiger partial charge on any atom is -0.391 e. The van der Waals surface area contributed by atoms with Crippen LogP contribution in [-0.2, 0) is 4.79 Å². The van der Waals surface area contributed by atoms with Crippen molar-refractivity contribution in [3.63, 3.8) is 0 Å². The lowest BCUT2D eigenvalue weighted by molar-refractivity contribution is -0.117. The number of aliphatic hydroxyl groups is 1. The number of nitrogens with zero attached hydrogens (tertiary/aromatic N) is 1. The van der Waals surface area contributed by atoms with Gasteiger partial charge in [-0.15, -0.1) is 0 Å². The largest absolute Gasteiger partial charge is 0.391 e. The lowest BCUT2D eigenvalue weighted by atomic mass is 10.2. The molecule has 1 atom stereocenters. The second kappa shape index (κ2) is 4.43. The number of carbonyl (C=O) groups is 1. The number of carbonyl (C=O) groups excluding carboxylic acids is 1. The summed E-state index contributed by atoms with van der Waals surface area (Å²) < 4.78 is 0.952. The van der Waals surface area contributed by atoms with Crippen LogP contribution in [0.3, 0.4) is 0 Å². The van der Waals surface area contributed by atoms with Crippen LogP contribution in [0.1, 0.15) is 6.42 Å². The second-order valence-electron chi connectivity index (χ2n) is 3.77. The van der Waals surface area contributed by atoms with Crippen LogP contribution in [0.5, 0.6) is 0 Å². The van der Waals surface area contributed by atoms with Gasteiger partial charge in [0.25, 0.3) is 0 Å². The highest BCUT2D eigenvalue weighted by atomic mass is 79.9. The number of β-amino-alcohol motifs (C(OH)–C–C–N with tert-alkyl or cyclic N) is 1. The van der Waals surface area contributed by atoms with Gasteiger partial charge in [0.1, 0.15) is 0 Å². The van der Waals surface area contributed by atoms with Crippen molar-refractivity contribution in [1.29, 1.82) is 0 Å². The highest BCUT2D eigenvalue weighted by Crippen LogP contribution is 2.31. The van der Waals surface area contributed by atoms with E-state index >= 15 is 0 Å². The van der Waals surface area contributed by atoms with Crippen molar-refractivity contribution in [2.24, 2.45) is 0 Å². The van der Waals surface area contributed by atoms with E-state index in [1.807, 2.05) is 25.2 Å². The highest BCUT2D eigenvalue weighted by Gasteiger charge is 2.30. The summed E-state index contributed by atoms with van der Waals surface area (Å²) in [4.78, 5) is 13.3. The maximum absolute atomic E-state index is 11.7. The standard InChI is InChI=1S/C11H13BrN2O2/c1-13-9-4-7(12)2-3-10(9)14-6-8(15)5-11(14)16/h2-4,8,13,15H,5-6H2,1H3. The van der Waals surface area contributed by atoms with Gasteiger partial charge < -0.3 is 15.3 Å². The summed E-state index contributed by atoms with van der Waals surface area (Å²) in [5, 5.41) is 12.5.